The molecule has 1 saturated carbocycles. The van der Waals surface area contributed by atoms with Gasteiger partial charge in [-0.15, -0.1) is 0 Å². The standard InChI is InChI=1S/C23H31N3O2/c27-22(26(21-11-12-21)20-9-5-2-6-10-20)17-25-15-13-18(14-16-25)23(28)24-19-7-3-1-4-8-19/h1,3-4,7-9,18,21H,2,5-6,10-17H2,(H,24,28). The Labute approximate surface area is 167 Å². The van der Waals surface area contributed by atoms with Crippen molar-refractivity contribution in [2.24, 2.45) is 5.92 Å². The van der Waals surface area contributed by atoms with E-state index >= 15 is 0 Å². The van der Waals surface area contributed by atoms with E-state index < -0.39 is 0 Å². The first-order chi connectivity index (χ1) is 13.7. The van der Waals surface area contributed by atoms with Crippen molar-refractivity contribution < 1.29 is 9.59 Å². The third kappa shape index (κ3) is 4.82. The Morgan fingerprint density at radius 2 is 1.79 bits per heavy atom. The number of rotatable bonds is 6. The number of hydrogen-bond donors (Lipinski definition) is 1. The summed E-state index contributed by atoms with van der Waals surface area (Å²) in [5.74, 6) is 0.388. The molecule has 1 aromatic rings. The van der Waals surface area contributed by atoms with Gasteiger partial charge in [0.05, 0.1) is 6.54 Å². The van der Waals surface area contributed by atoms with Crippen LogP contribution in [-0.2, 0) is 9.59 Å². The average Bonchev–Trinajstić information content (AvgIpc) is 3.55. The smallest absolute Gasteiger partial charge is 0.241 e. The lowest BCUT2D eigenvalue weighted by molar-refractivity contribution is -0.131. The van der Waals surface area contributed by atoms with Crippen LogP contribution < -0.4 is 5.32 Å². The van der Waals surface area contributed by atoms with E-state index in [1.807, 2.05) is 30.3 Å². The zero-order chi connectivity index (χ0) is 19.3. The van der Waals surface area contributed by atoms with Crippen LogP contribution in [0.5, 0.6) is 0 Å². The number of likely N-dealkylation sites (tertiary alicyclic amines) is 1. The molecule has 28 heavy (non-hydrogen) atoms. The zero-order valence-corrected chi connectivity index (χ0v) is 16.6. The lowest BCUT2D eigenvalue weighted by Crippen LogP contribution is -2.45. The number of para-hydroxylation sites is 1. The van der Waals surface area contributed by atoms with E-state index in [0.29, 0.717) is 12.6 Å². The van der Waals surface area contributed by atoms with Crippen LogP contribution in [0.1, 0.15) is 51.4 Å². The molecule has 1 heterocycles. The van der Waals surface area contributed by atoms with Crippen LogP contribution in [0.4, 0.5) is 5.69 Å². The first kappa shape index (κ1) is 19.2. The molecule has 150 valence electrons. The number of nitrogens with zero attached hydrogens (tertiary/aromatic N) is 2. The Morgan fingerprint density at radius 1 is 1.04 bits per heavy atom. The number of anilines is 1. The number of nitrogens with one attached hydrogen (secondary N) is 1. The number of piperidine rings is 1. The van der Waals surface area contributed by atoms with Gasteiger partial charge in [0.1, 0.15) is 0 Å². The van der Waals surface area contributed by atoms with E-state index in [1.54, 1.807) is 0 Å². The number of hydrogen-bond acceptors (Lipinski definition) is 3. The molecule has 2 fully saturated rings. The average molecular weight is 382 g/mol. The minimum absolute atomic E-state index is 0.0344. The van der Waals surface area contributed by atoms with Crippen molar-refractivity contribution in [3.05, 3.63) is 42.1 Å². The van der Waals surface area contributed by atoms with E-state index in [1.165, 1.54) is 18.5 Å². The van der Waals surface area contributed by atoms with Crippen molar-refractivity contribution in [1.82, 2.24) is 9.80 Å². The van der Waals surface area contributed by atoms with Crippen LogP contribution in [-0.4, -0.2) is 47.3 Å². The van der Waals surface area contributed by atoms with Crippen molar-refractivity contribution in [2.45, 2.75) is 57.4 Å². The summed E-state index contributed by atoms with van der Waals surface area (Å²) in [4.78, 5) is 29.8. The highest BCUT2D eigenvalue weighted by Crippen LogP contribution is 2.34. The second-order valence-electron chi connectivity index (χ2n) is 8.34. The van der Waals surface area contributed by atoms with Gasteiger partial charge in [-0.05, 0) is 76.6 Å². The summed E-state index contributed by atoms with van der Waals surface area (Å²) in [6.45, 7) is 2.12. The molecule has 0 aromatic heterocycles. The fourth-order valence-corrected chi connectivity index (χ4v) is 4.36. The Balaban J connectivity index is 1.27. The predicted octanol–water partition coefficient (Wildman–Crippen LogP) is 3.79. The summed E-state index contributed by atoms with van der Waals surface area (Å²) < 4.78 is 0. The molecule has 3 aliphatic rings. The molecule has 1 N–H and O–H groups in total. The van der Waals surface area contributed by atoms with Gasteiger partial charge in [-0.25, -0.2) is 0 Å². The molecular formula is C23H31N3O2. The van der Waals surface area contributed by atoms with Gasteiger partial charge in [0.25, 0.3) is 0 Å². The largest absolute Gasteiger partial charge is 0.326 e. The van der Waals surface area contributed by atoms with Gasteiger partial charge in [-0.3, -0.25) is 14.5 Å². The third-order valence-electron chi connectivity index (χ3n) is 6.12. The normalized spacial score (nSPS) is 21.1. The molecule has 1 saturated heterocycles. The Hall–Kier alpha value is -2.14. The molecule has 2 aliphatic carbocycles. The van der Waals surface area contributed by atoms with Crippen LogP contribution in [0.15, 0.2) is 42.1 Å². The summed E-state index contributed by atoms with van der Waals surface area (Å²) >= 11 is 0. The van der Waals surface area contributed by atoms with Crippen molar-refractivity contribution >= 4 is 17.5 Å². The Morgan fingerprint density at radius 3 is 2.43 bits per heavy atom. The van der Waals surface area contributed by atoms with Crippen molar-refractivity contribution in [3.8, 4) is 0 Å². The van der Waals surface area contributed by atoms with Gasteiger partial charge in [0.2, 0.25) is 11.8 Å². The van der Waals surface area contributed by atoms with Crippen LogP contribution in [0.25, 0.3) is 0 Å². The lowest BCUT2D eigenvalue weighted by atomic mass is 9.95. The van der Waals surface area contributed by atoms with E-state index in [-0.39, 0.29) is 17.7 Å². The molecule has 0 bridgehead atoms. The van der Waals surface area contributed by atoms with Gasteiger partial charge < -0.3 is 10.2 Å². The fraction of sp³-hybridized carbons (Fsp3) is 0.565. The number of amides is 2. The molecule has 0 radical (unpaired) electrons. The fourth-order valence-electron chi connectivity index (χ4n) is 4.36. The van der Waals surface area contributed by atoms with Crippen LogP contribution >= 0.6 is 0 Å². The summed E-state index contributed by atoms with van der Waals surface area (Å²) in [7, 11) is 0. The summed E-state index contributed by atoms with van der Waals surface area (Å²) in [5, 5.41) is 3.01. The highest BCUT2D eigenvalue weighted by Gasteiger charge is 2.36. The maximum absolute atomic E-state index is 13.0. The highest BCUT2D eigenvalue weighted by molar-refractivity contribution is 5.92. The molecular weight excluding hydrogens is 350 g/mol. The lowest BCUT2D eigenvalue weighted by Gasteiger charge is -2.34. The summed E-state index contributed by atoms with van der Waals surface area (Å²) in [6.07, 6.45) is 10.8. The maximum Gasteiger partial charge on any atom is 0.241 e. The molecule has 1 aromatic carbocycles. The van der Waals surface area contributed by atoms with Gasteiger partial charge in [0.15, 0.2) is 0 Å². The van der Waals surface area contributed by atoms with Crippen molar-refractivity contribution in [2.75, 3.05) is 25.0 Å². The molecule has 4 rings (SSSR count). The molecule has 5 heteroatoms. The monoisotopic (exact) mass is 381 g/mol. The third-order valence-corrected chi connectivity index (χ3v) is 6.12. The maximum atomic E-state index is 13.0. The number of carbonyl (C=O) groups excluding carboxylic acids is 2. The molecule has 0 atom stereocenters. The first-order valence-electron chi connectivity index (χ1n) is 10.8. The first-order valence-corrected chi connectivity index (χ1v) is 10.8. The summed E-state index contributed by atoms with van der Waals surface area (Å²) in [5.41, 5.74) is 2.11. The molecule has 0 spiro atoms. The van der Waals surface area contributed by atoms with E-state index in [0.717, 1.165) is 57.3 Å². The summed E-state index contributed by atoms with van der Waals surface area (Å²) in [6, 6.07) is 10.1. The van der Waals surface area contributed by atoms with Crippen LogP contribution in [0.3, 0.4) is 0 Å². The second kappa shape index (κ2) is 8.91. The SMILES string of the molecule is O=C(Nc1ccccc1)C1CCN(CC(=O)N(C2=CCCCC2)C2CC2)CC1. The van der Waals surface area contributed by atoms with E-state index in [4.69, 9.17) is 0 Å². The molecule has 5 nitrogen and oxygen atoms in total. The second-order valence-corrected chi connectivity index (χ2v) is 8.34. The quantitative estimate of drug-likeness (QED) is 0.816. The van der Waals surface area contributed by atoms with Gasteiger partial charge in [-0.2, -0.15) is 0 Å². The zero-order valence-electron chi connectivity index (χ0n) is 16.6. The molecule has 0 unspecified atom stereocenters. The van der Waals surface area contributed by atoms with Crippen LogP contribution in [0, 0.1) is 5.92 Å². The Bertz CT molecular complexity index is 719. The predicted molar refractivity (Wildman–Crippen MR) is 111 cm³/mol. The van der Waals surface area contributed by atoms with Gasteiger partial charge >= 0.3 is 0 Å². The minimum atomic E-state index is 0.0344. The van der Waals surface area contributed by atoms with Gasteiger partial charge in [0, 0.05) is 23.3 Å². The van der Waals surface area contributed by atoms with Gasteiger partial charge in [-0.1, -0.05) is 24.3 Å². The number of allylic oxidation sites excluding steroid dienone is 2. The molecule has 2 amide bonds. The van der Waals surface area contributed by atoms with E-state index in [9.17, 15) is 9.59 Å². The van der Waals surface area contributed by atoms with E-state index in [2.05, 4.69) is 21.2 Å². The highest BCUT2D eigenvalue weighted by atomic mass is 16.2. The van der Waals surface area contributed by atoms with Crippen LogP contribution in [0.2, 0.25) is 0 Å². The Kier molecular flexibility index (Phi) is 6.10. The topological polar surface area (TPSA) is 52.7 Å². The van der Waals surface area contributed by atoms with Crippen molar-refractivity contribution in [1.29, 1.82) is 0 Å². The number of benzene rings is 1. The number of carbonyl (C=O) groups is 2. The molecule has 1 aliphatic heterocycles. The minimum Gasteiger partial charge on any atom is -0.326 e. The van der Waals surface area contributed by atoms with Crippen molar-refractivity contribution in [3.63, 3.8) is 0 Å².